The van der Waals surface area contributed by atoms with E-state index < -0.39 is 33.7 Å². The van der Waals surface area contributed by atoms with Crippen LogP contribution in [0.4, 0.5) is 0 Å². The highest BCUT2D eigenvalue weighted by molar-refractivity contribution is 6.77. The molecule has 0 aromatic heterocycles. The summed E-state index contributed by atoms with van der Waals surface area (Å²) in [6.07, 6.45) is 17.8. The van der Waals surface area contributed by atoms with Gasteiger partial charge in [0.1, 0.15) is 5.60 Å². The second kappa shape index (κ2) is 20.2. The minimum atomic E-state index is -2.22. The van der Waals surface area contributed by atoms with E-state index in [1.165, 1.54) is 6.08 Å². The van der Waals surface area contributed by atoms with Crippen molar-refractivity contribution in [1.29, 1.82) is 0 Å². The molecule has 0 N–H and O–H groups in total. The normalized spacial score (nSPS) is 26.6. The maximum absolute atomic E-state index is 12.6. The van der Waals surface area contributed by atoms with E-state index in [2.05, 4.69) is 107 Å². The molecule has 0 aliphatic carbocycles. The maximum Gasteiger partial charge on any atom is 0.332 e. The van der Waals surface area contributed by atoms with Crippen molar-refractivity contribution in [2.45, 2.75) is 187 Å². The van der Waals surface area contributed by atoms with E-state index in [4.69, 9.17) is 23.4 Å². The lowest BCUT2D eigenvalue weighted by Crippen LogP contribution is -2.50. The summed E-state index contributed by atoms with van der Waals surface area (Å²) in [6, 6.07) is 1.03. The molecule has 288 valence electrons. The van der Waals surface area contributed by atoms with Crippen molar-refractivity contribution in [2.75, 3.05) is 13.4 Å². The zero-order valence-electron chi connectivity index (χ0n) is 34.1. The van der Waals surface area contributed by atoms with Gasteiger partial charge in [0.2, 0.25) is 8.32 Å². The highest BCUT2D eigenvalue weighted by Crippen LogP contribution is 2.48. The Morgan fingerprint density at radius 1 is 0.960 bits per heavy atom. The van der Waals surface area contributed by atoms with Gasteiger partial charge in [-0.2, -0.15) is 0 Å². The van der Waals surface area contributed by atoms with Gasteiger partial charge in [0.05, 0.1) is 12.2 Å². The first-order valence-corrected chi connectivity index (χ1v) is 25.5. The standard InChI is InChI=1S/C41H74O7Si2/c1-14-15-23-40(29-42)25-26-41(48-40)24-22-36(10)37(46-41)19-16-34(8)17-20-38(47-50(31(2)3,32(4)5)33(6)7)35(9)18-21-39(43)45-30-44-27-28-49(11,12)13/h16-18,20-21,29,31-33,35-38H,14-15,19,22-28,30H2,1-13H3/b20-17+,21-18+,34-16+/t35-,36-,37+,38+,40+,41-/m0/s1. The Balaban J connectivity index is 2.20. The minimum Gasteiger partial charge on any atom is -0.435 e. The van der Waals surface area contributed by atoms with Crippen LogP contribution in [0.15, 0.2) is 36.0 Å². The summed E-state index contributed by atoms with van der Waals surface area (Å²) in [5, 5.41) is 0. The molecular weight excluding hydrogens is 661 g/mol. The van der Waals surface area contributed by atoms with Gasteiger partial charge in [-0.3, -0.25) is 0 Å². The number of unbranched alkanes of at least 4 members (excludes halogenated alkanes) is 1. The first-order valence-electron chi connectivity index (χ1n) is 19.6. The lowest BCUT2D eigenvalue weighted by atomic mass is 9.88. The lowest BCUT2D eigenvalue weighted by molar-refractivity contribution is -0.292. The second-order valence-electron chi connectivity index (χ2n) is 17.4. The maximum atomic E-state index is 12.6. The summed E-state index contributed by atoms with van der Waals surface area (Å²) >= 11 is 0. The third-order valence-electron chi connectivity index (χ3n) is 11.1. The Hall–Kier alpha value is -1.37. The van der Waals surface area contributed by atoms with Crippen LogP contribution in [-0.2, 0) is 33.0 Å². The SMILES string of the molecule is CCCC[C@]1(C=O)CC[C@]2(CC[C@H](C)[C@@H](C/C=C(C)/C=C/[C@@H](O[Si](C(C)C)(C(C)C)C(C)C)[C@@H](C)/C=C/C(=O)OCOCC[Si](C)(C)C)O2)O1. The molecule has 0 unspecified atom stereocenters. The van der Waals surface area contributed by atoms with Crippen LogP contribution < -0.4 is 0 Å². The first kappa shape index (κ1) is 44.8. The summed E-state index contributed by atoms with van der Waals surface area (Å²) in [6.45, 7) is 29.9. The summed E-state index contributed by atoms with van der Waals surface area (Å²) in [5.74, 6) is -0.691. The third kappa shape index (κ3) is 13.2. The highest BCUT2D eigenvalue weighted by atomic mass is 28.4. The monoisotopic (exact) mass is 734 g/mol. The van der Waals surface area contributed by atoms with Crippen LogP contribution in [0.3, 0.4) is 0 Å². The van der Waals surface area contributed by atoms with Crippen LogP contribution in [0.5, 0.6) is 0 Å². The molecule has 9 heteroatoms. The van der Waals surface area contributed by atoms with Gasteiger partial charge in [-0.1, -0.05) is 125 Å². The first-order chi connectivity index (χ1) is 23.3. The molecule has 6 atom stereocenters. The van der Waals surface area contributed by atoms with Gasteiger partial charge in [-0.05, 0) is 61.2 Å². The largest absolute Gasteiger partial charge is 0.435 e. The number of carbonyl (C=O) groups excluding carboxylic acids is 2. The van der Waals surface area contributed by atoms with Crippen LogP contribution in [0.25, 0.3) is 0 Å². The lowest BCUT2D eigenvalue weighted by Gasteiger charge is -2.45. The molecule has 0 aromatic carbocycles. The van der Waals surface area contributed by atoms with Gasteiger partial charge < -0.3 is 28.2 Å². The van der Waals surface area contributed by atoms with Crippen LogP contribution in [0.2, 0.25) is 42.3 Å². The Morgan fingerprint density at radius 3 is 2.20 bits per heavy atom. The molecule has 1 spiro atoms. The van der Waals surface area contributed by atoms with Crippen molar-refractivity contribution in [2.24, 2.45) is 11.8 Å². The van der Waals surface area contributed by atoms with Gasteiger partial charge in [-0.25, -0.2) is 4.79 Å². The molecule has 0 amide bonds. The van der Waals surface area contributed by atoms with Gasteiger partial charge >= 0.3 is 5.97 Å². The summed E-state index contributed by atoms with van der Waals surface area (Å²) in [4.78, 5) is 24.7. The van der Waals surface area contributed by atoms with Gasteiger partial charge in [0.25, 0.3) is 0 Å². The molecule has 0 aromatic rings. The van der Waals surface area contributed by atoms with Crippen molar-refractivity contribution in [1.82, 2.24) is 0 Å². The Bertz CT molecular complexity index is 1120. The van der Waals surface area contributed by atoms with E-state index in [0.29, 0.717) is 29.1 Å². The number of carbonyl (C=O) groups is 2. The summed E-state index contributed by atoms with van der Waals surface area (Å²) in [5.41, 5.74) is 1.73. The number of hydrogen-bond acceptors (Lipinski definition) is 7. The number of allylic oxidation sites excluding steroid dienone is 2. The molecule has 2 rings (SSSR count). The number of aldehydes is 1. The molecule has 2 fully saturated rings. The number of ether oxygens (including phenoxy) is 4. The number of esters is 1. The van der Waals surface area contributed by atoms with Gasteiger partial charge in [-0.15, -0.1) is 0 Å². The van der Waals surface area contributed by atoms with Crippen molar-refractivity contribution in [3.05, 3.63) is 36.0 Å². The predicted octanol–water partition coefficient (Wildman–Crippen LogP) is 10.9. The average molecular weight is 735 g/mol. The molecule has 7 nitrogen and oxygen atoms in total. The van der Waals surface area contributed by atoms with E-state index in [9.17, 15) is 9.59 Å². The Labute approximate surface area is 308 Å². The van der Waals surface area contributed by atoms with E-state index in [1.807, 2.05) is 6.08 Å². The molecule has 2 heterocycles. The second-order valence-corrected chi connectivity index (χ2v) is 28.5. The molecule has 2 saturated heterocycles. The van der Waals surface area contributed by atoms with Crippen molar-refractivity contribution in [3.8, 4) is 0 Å². The minimum absolute atomic E-state index is 0.0245. The topological polar surface area (TPSA) is 80.3 Å². The van der Waals surface area contributed by atoms with Crippen LogP contribution in [-0.4, -0.2) is 65.6 Å². The molecule has 50 heavy (non-hydrogen) atoms. The Morgan fingerprint density at radius 2 is 1.62 bits per heavy atom. The van der Waals surface area contributed by atoms with Crippen LogP contribution in [0, 0.1) is 11.8 Å². The number of hydrogen-bond donors (Lipinski definition) is 0. The zero-order valence-corrected chi connectivity index (χ0v) is 36.1. The molecule has 0 bridgehead atoms. The van der Waals surface area contributed by atoms with Gasteiger partial charge in [0, 0.05) is 39.5 Å². The van der Waals surface area contributed by atoms with E-state index in [0.717, 1.165) is 69.3 Å². The van der Waals surface area contributed by atoms with E-state index >= 15 is 0 Å². The molecule has 0 saturated carbocycles. The predicted molar refractivity (Wildman–Crippen MR) is 211 cm³/mol. The van der Waals surface area contributed by atoms with Gasteiger partial charge in [0.15, 0.2) is 18.9 Å². The third-order valence-corrected chi connectivity index (χ3v) is 18.9. The smallest absolute Gasteiger partial charge is 0.332 e. The number of rotatable bonds is 21. The van der Waals surface area contributed by atoms with Crippen LogP contribution >= 0.6 is 0 Å². The van der Waals surface area contributed by atoms with Crippen molar-refractivity contribution < 1.29 is 33.0 Å². The summed E-state index contributed by atoms with van der Waals surface area (Å²) < 4.78 is 31.4. The summed E-state index contributed by atoms with van der Waals surface area (Å²) in [7, 11) is -3.42. The molecule has 0 radical (unpaired) electrons. The van der Waals surface area contributed by atoms with E-state index in [1.54, 1.807) is 0 Å². The Kier molecular flexibility index (Phi) is 18.1. The molecule has 2 aliphatic heterocycles. The van der Waals surface area contributed by atoms with Crippen LogP contribution in [0.1, 0.15) is 121 Å². The van der Waals surface area contributed by atoms with Crippen molar-refractivity contribution in [3.63, 3.8) is 0 Å². The molecular formula is C41H74O7Si2. The quantitative estimate of drug-likeness (QED) is 0.0221. The van der Waals surface area contributed by atoms with Crippen molar-refractivity contribution >= 4 is 28.6 Å². The fourth-order valence-electron chi connectivity index (χ4n) is 7.80. The fourth-order valence-corrected chi connectivity index (χ4v) is 14.1. The molecule has 2 aliphatic rings. The van der Waals surface area contributed by atoms with E-state index in [-0.39, 0.29) is 24.9 Å². The zero-order chi connectivity index (χ0) is 37.8. The fraction of sp³-hybridized carbons (Fsp3) is 0.805. The highest BCUT2D eigenvalue weighted by Gasteiger charge is 2.53. The average Bonchev–Trinajstić information content (AvgIpc) is 3.40.